The quantitative estimate of drug-likeness (QED) is 0.914. The summed E-state index contributed by atoms with van der Waals surface area (Å²) in [6.07, 6.45) is 6.40. The Kier molecular flexibility index (Phi) is 3.01. The molecule has 2 fully saturated rings. The van der Waals surface area contributed by atoms with Crippen molar-refractivity contribution < 1.29 is 9.84 Å². The van der Waals surface area contributed by atoms with Crippen molar-refractivity contribution in [2.45, 2.75) is 30.6 Å². The lowest BCUT2D eigenvalue weighted by molar-refractivity contribution is 0.193. The molecule has 2 aliphatic rings. The molecule has 2 aromatic rings. The van der Waals surface area contributed by atoms with Gasteiger partial charge in [-0.3, -0.25) is 4.98 Å². The normalized spacial score (nSPS) is 23.4. The van der Waals surface area contributed by atoms with E-state index in [9.17, 15) is 5.11 Å². The van der Waals surface area contributed by atoms with Crippen LogP contribution in [0.1, 0.15) is 36.8 Å². The fraction of sp³-hybridized carbons (Fsp3) is 0.533. The molecule has 0 amide bonds. The molecule has 0 spiro atoms. The highest BCUT2D eigenvalue weighted by molar-refractivity contribution is 5.33. The van der Waals surface area contributed by atoms with Gasteiger partial charge in [0.1, 0.15) is 5.82 Å². The van der Waals surface area contributed by atoms with Crippen LogP contribution in [0.4, 0.5) is 0 Å². The smallest absolute Gasteiger partial charge is 0.156 e. The molecule has 6 heteroatoms. The van der Waals surface area contributed by atoms with E-state index in [-0.39, 0.29) is 17.9 Å². The van der Waals surface area contributed by atoms with Gasteiger partial charge >= 0.3 is 0 Å². The lowest BCUT2D eigenvalue weighted by Gasteiger charge is -2.12. The molecule has 6 nitrogen and oxygen atoms in total. The molecule has 0 aromatic carbocycles. The van der Waals surface area contributed by atoms with Crippen LogP contribution >= 0.6 is 0 Å². The van der Waals surface area contributed by atoms with Crippen LogP contribution in [0.5, 0.6) is 0 Å². The number of hydrogen-bond donors (Lipinski definition) is 1. The number of aromatic nitrogens is 4. The first-order valence-corrected chi connectivity index (χ1v) is 7.39. The number of pyridine rings is 1. The number of nitrogens with zero attached hydrogens (tertiary/aromatic N) is 4. The summed E-state index contributed by atoms with van der Waals surface area (Å²) in [5.41, 5.74) is 0.672. The van der Waals surface area contributed by atoms with Gasteiger partial charge in [0.05, 0.1) is 30.5 Å². The van der Waals surface area contributed by atoms with Crippen molar-refractivity contribution in [2.75, 3.05) is 19.8 Å². The van der Waals surface area contributed by atoms with Crippen molar-refractivity contribution in [3.05, 3.63) is 36.2 Å². The van der Waals surface area contributed by atoms with Crippen LogP contribution in [0, 0.1) is 0 Å². The Labute approximate surface area is 122 Å². The SMILES string of the molecule is OCC1(c2nc([C@@H]3CCOC3)nn2-c2cccnc2)CC1. The molecule has 2 aromatic heterocycles. The van der Waals surface area contributed by atoms with E-state index in [1.807, 2.05) is 16.8 Å². The van der Waals surface area contributed by atoms with Crippen LogP contribution in [-0.2, 0) is 10.2 Å². The number of aliphatic hydroxyl groups excluding tert-OH is 1. The molecule has 4 rings (SSSR count). The van der Waals surface area contributed by atoms with E-state index >= 15 is 0 Å². The summed E-state index contributed by atoms with van der Waals surface area (Å²) in [5, 5.41) is 14.4. The molecule has 1 atom stereocenters. The third-order valence-electron chi connectivity index (χ3n) is 4.44. The fourth-order valence-corrected chi connectivity index (χ4v) is 2.84. The second-order valence-electron chi connectivity index (χ2n) is 5.92. The van der Waals surface area contributed by atoms with Crippen molar-refractivity contribution in [3.63, 3.8) is 0 Å². The van der Waals surface area contributed by atoms with Gasteiger partial charge in [-0.15, -0.1) is 0 Å². The third-order valence-corrected chi connectivity index (χ3v) is 4.44. The van der Waals surface area contributed by atoms with E-state index in [1.165, 1.54) is 0 Å². The summed E-state index contributed by atoms with van der Waals surface area (Å²) < 4.78 is 7.29. The molecule has 1 saturated heterocycles. The van der Waals surface area contributed by atoms with Gasteiger partial charge in [-0.2, -0.15) is 5.10 Å². The molecule has 110 valence electrons. The van der Waals surface area contributed by atoms with Gasteiger partial charge in [0.2, 0.25) is 0 Å². The van der Waals surface area contributed by atoms with E-state index < -0.39 is 0 Å². The predicted octanol–water partition coefficient (Wildman–Crippen LogP) is 1.19. The maximum absolute atomic E-state index is 9.73. The maximum Gasteiger partial charge on any atom is 0.156 e. The molecule has 1 aliphatic heterocycles. The average molecular weight is 286 g/mol. The minimum atomic E-state index is -0.222. The van der Waals surface area contributed by atoms with Crippen LogP contribution in [0.3, 0.4) is 0 Å². The lowest BCUT2D eigenvalue weighted by atomic mass is 10.1. The largest absolute Gasteiger partial charge is 0.395 e. The monoisotopic (exact) mass is 286 g/mol. The Morgan fingerprint density at radius 2 is 2.33 bits per heavy atom. The van der Waals surface area contributed by atoms with Crippen LogP contribution in [0.15, 0.2) is 24.5 Å². The first kappa shape index (κ1) is 12.9. The predicted molar refractivity (Wildman–Crippen MR) is 75.3 cm³/mol. The average Bonchev–Trinajstić information content (AvgIpc) is 2.96. The summed E-state index contributed by atoms with van der Waals surface area (Å²) in [5.74, 6) is 1.95. The Morgan fingerprint density at radius 3 is 2.95 bits per heavy atom. The van der Waals surface area contributed by atoms with Gasteiger partial charge in [0, 0.05) is 18.7 Å². The Balaban J connectivity index is 1.80. The highest BCUT2D eigenvalue weighted by Gasteiger charge is 2.48. The van der Waals surface area contributed by atoms with Gasteiger partial charge in [0.15, 0.2) is 5.82 Å². The van der Waals surface area contributed by atoms with Gasteiger partial charge in [-0.1, -0.05) is 0 Å². The first-order valence-electron chi connectivity index (χ1n) is 7.39. The van der Waals surface area contributed by atoms with Crippen molar-refractivity contribution in [2.24, 2.45) is 0 Å². The second kappa shape index (κ2) is 4.89. The summed E-state index contributed by atoms with van der Waals surface area (Å²) in [6.45, 7) is 1.57. The molecule has 3 heterocycles. The molecule has 21 heavy (non-hydrogen) atoms. The molecule has 0 radical (unpaired) electrons. The molecule has 1 N–H and O–H groups in total. The minimum Gasteiger partial charge on any atom is -0.395 e. The van der Waals surface area contributed by atoms with Crippen molar-refractivity contribution in [3.8, 4) is 5.69 Å². The highest BCUT2D eigenvalue weighted by Crippen LogP contribution is 2.47. The van der Waals surface area contributed by atoms with Crippen LogP contribution < -0.4 is 0 Å². The number of rotatable bonds is 4. The Hall–Kier alpha value is -1.79. The van der Waals surface area contributed by atoms with Gasteiger partial charge in [-0.25, -0.2) is 9.67 Å². The van der Waals surface area contributed by atoms with E-state index in [0.717, 1.165) is 43.2 Å². The lowest BCUT2D eigenvalue weighted by Crippen LogP contribution is -2.18. The fourth-order valence-electron chi connectivity index (χ4n) is 2.84. The zero-order valence-corrected chi connectivity index (χ0v) is 11.8. The number of ether oxygens (including phenoxy) is 1. The molecule has 1 aliphatic carbocycles. The summed E-state index contributed by atoms with van der Waals surface area (Å²) in [4.78, 5) is 8.92. The van der Waals surface area contributed by atoms with E-state index in [0.29, 0.717) is 6.61 Å². The summed E-state index contributed by atoms with van der Waals surface area (Å²) in [6, 6.07) is 3.85. The standard InChI is InChI=1S/C15H18N4O2/c20-10-15(4-5-15)14-17-13(11-3-7-21-9-11)18-19(14)12-2-1-6-16-8-12/h1-2,6,8,11,20H,3-5,7,9-10H2/t11-/m1/s1. The van der Waals surface area contributed by atoms with Crippen molar-refractivity contribution >= 4 is 0 Å². The topological polar surface area (TPSA) is 73.1 Å². The van der Waals surface area contributed by atoms with Crippen molar-refractivity contribution in [1.82, 2.24) is 19.7 Å². The molecular weight excluding hydrogens is 268 g/mol. The van der Waals surface area contributed by atoms with Gasteiger partial charge in [0.25, 0.3) is 0 Å². The summed E-state index contributed by atoms with van der Waals surface area (Å²) in [7, 11) is 0. The van der Waals surface area contributed by atoms with E-state index in [1.54, 1.807) is 12.4 Å². The van der Waals surface area contributed by atoms with Gasteiger partial charge < -0.3 is 9.84 Å². The van der Waals surface area contributed by atoms with Crippen LogP contribution in [0.2, 0.25) is 0 Å². The zero-order valence-electron chi connectivity index (χ0n) is 11.8. The van der Waals surface area contributed by atoms with Gasteiger partial charge in [-0.05, 0) is 31.4 Å². The Morgan fingerprint density at radius 1 is 1.43 bits per heavy atom. The minimum absolute atomic E-state index is 0.118. The second-order valence-corrected chi connectivity index (χ2v) is 5.92. The van der Waals surface area contributed by atoms with Crippen LogP contribution in [-0.4, -0.2) is 44.7 Å². The van der Waals surface area contributed by atoms with Crippen LogP contribution in [0.25, 0.3) is 5.69 Å². The molecule has 0 bridgehead atoms. The Bertz CT molecular complexity index is 630. The van der Waals surface area contributed by atoms with E-state index in [4.69, 9.17) is 14.8 Å². The summed E-state index contributed by atoms with van der Waals surface area (Å²) >= 11 is 0. The van der Waals surface area contributed by atoms with E-state index in [2.05, 4.69) is 4.98 Å². The van der Waals surface area contributed by atoms with Crippen molar-refractivity contribution in [1.29, 1.82) is 0 Å². The molecule has 0 unspecified atom stereocenters. The number of hydrogen-bond acceptors (Lipinski definition) is 5. The zero-order chi connectivity index (χ0) is 14.3. The molecule has 1 saturated carbocycles. The molecular formula is C15H18N4O2. The maximum atomic E-state index is 9.73. The first-order chi connectivity index (χ1) is 10.3. The number of aliphatic hydroxyl groups is 1. The third kappa shape index (κ3) is 2.15. The highest BCUT2D eigenvalue weighted by atomic mass is 16.5.